The Morgan fingerprint density at radius 3 is 2.89 bits per heavy atom. The SMILES string of the molecule is COc1cc(COC2CCCC2N)ccc1C#N. The fraction of sp³-hybridized carbons (Fsp3) is 0.500. The summed E-state index contributed by atoms with van der Waals surface area (Å²) in [6.45, 7) is 0.514. The maximum atomic E-state index is 8.90. The molecule has 0 radical (unpaired) electrons. The lowest BCUT2D eigenvalue weighted by Crippen LogP contribution is -2.31. The second-order valence-corrected chi connectivity index (χ2v) is 4.59. The first-order valence-corrected chi connectivity index (χ1v) is 6.19. The van der Waals surface area contributed by atoms with Crippen LogP contribution in [0.5, 0.6) is 5.75 Å². The lowest BCUT2D eigenvalue weighted by Gasteiger charge is -2.16. The highest BCUT2D eigenvalue weighted by Crippen LogP contribution is 2.23. The summed E-state index contributed by atoms with van der Waals surface area (Å²) in [4.78, 5) is 0. The standard InChI is InChI=1S/C14H18N2O2/c1-17-14-7-10(5-6-11(14)8-15)9-18-13-4-2-3-12(13)16/h5-7,12-13H,2-4,9,16H2,1H3. The van der Waals surface area contributed by atoms with Crippen molar-refractivity contribution in [2.24, 2.45) is 5.73 Å². The molecule has 2 rings (SSSR count). The highest BCUT2D eigenvalue weighted by molar-refractivity contribution is 5.45. The normalized spacial score (nSPS) is 22.7. The predicted molar refractivity (Wildman–Crippen MR) is 68.1 cm³/mol. The summed E-state index contributed by atoms with van der Waals surface area (Å²) in [7, 11) is 1.56. The van der Waals surface area contributed by atoms with Crippen LogP contribution in [0.1, 0.15) is 30.4 Å². The van der Waals surface area contributed by atoms with Gasteiger partial charge in [-0.25, -0.2) is 0 Å². The van der Waals surface area contributed by atoms with Gasteiger partial charge in [0.2, 0.25) is 0 Å². The van der Waals surface area contributed by atoms with E-state index in [-0.39, 0.29) is 12.1 Å². The van der Waals surface area contributed by atoms with Crippen LogP contribution in [0.3, 0.4) is 0 Å². The average Bonchev–Trinajstić information content (AvgIpc) is 2.81. The maximum absolute atomic E-state index is 8.90. The molecule has 0 aromatic heterocycles. The summed E-state index contributed by atoms with van der Waals surface area (Å²) in [5, 5.41) is 8.90. The number of ether oxygens (including phenoxy) is 2. The number of methoxy groups -OCH3 is 1. The topological polar surface area (TPSA) is 68.3 Å². The van der Waals surface area contributed by atoms with E-state index in [4.69, 9.17) is 20.5 Å². The number of nitriles is 1. The molecule has 96 valence electrons. The Morgan fingerprint density at radius 2 is 2.28 bits per heavy atom. The van der Waals surface area contributed by atoms with Crippen molar-refractivity contribution in [2.75, 3.05) is 7.11 Å². The number of nitrogens with zero attached hydrogens (tertiary/aromatic N) is 1. The monoisotopic (exact) mass is 246 g/mol. The van der Waals surface area contributed by atoms with Crippen molar-refractivity contribution in [1.29, 1.82) is 5.26 Å². The molecule has 0 spiro atoms. The van der Waals surface area contributed by atoms with Crippen molar-refractivity contribution in [1.82, 2.24) is 0 Å². The van der Waals surface area contributed by atoms with E-state index in [1.807, 2.05) is 12.1 Å². The quantitative estimate of drug-likeness (QED) is 0.881. The Labute approximate surface area is 107 Å². The molecular weight excluding hydrogens is 228 g/mol. The fourth-order valence-electron chi connectivity index (χ4n) is 2.28. The molecule has 0 aliphatic heterocycles. The third-order valence-corrected chi connectivity index (χ3v) is 3.35. The minimum Gasteiger partial charge on any atom is -0.495 e. The molecule has 0 amide bonds. The van der Waals surface area contributed by atoms with Crippen molar-refractivity contribution in [3.63, 3.8) is 0 Å². The van der Waals surface area contributed by atoms with Crippen molar-refractivity contribution in [3.8, 4) is 11.8 Å². The molecule has 1 aliphatic carbocycles. The van der Waals surface area contributed by atoms with Crippen molar-refractivity contribution in [2.45, 2.75) is 38.0 Å². The van der Waals surface area contributed by atoms with E-state index < -0.39 is 0 Å². The van der Waals surface area contributed by atoms with Crippen LogP contribution < -0.4 is 10.5 Å². The summed E-state index contributed by atoms with van der Waals surface area (Å²) in [5.74, 6) is 0.592. The third-order valence-electron chi connectivity index (χ3n) is 3.35. The van der Waals surface area contributed by atoms with Crippen LogP contribution in [0.25, 0.3) is 0 Å². The third kappa shape index (κ3) is 2.81. The predicted octanol–water partition coefficient (Wildman–Crippen LogP) is 1.96. The molecule has 4 heteroatoms. The summed E-state index contributed by atoms with van der Waals surface area (Å²) in [6, 6.07) is 7.74. The number of benzene rings is 1. The van der Waals surface area contributed by atoms with Crippen LogP contribution in [-0.4, -0.2) is 19.3 Å². The molecule has 2 unspecified atom stereocenters. The summed E-state index contributed by atoms with van der Waals surface area (Å²) < 4.78 is 11.0. The van der Waals surface area contributed by atoms with E-state index in [0.29, 0.717) is 17.9 Å². The van der Waals surface area contributed by atoms with Gasteiger partial charge in [-0.15, -0.1) is 0 Å². The second kappa shape index (κ2) is 5.85. The number of nitrogens with two attached hydrogens (primary N) is 1. The number of rotatable bonds is 4. The van der Waals surface area contributed by atoms with Crippen molar-refractivity contribution >= 4 is 0 Å². The van der Waals surface area contributed by atoms with Gasteiger partial charge in [-0.1, -0.05) is 6.07 Å². The molecule has 1 saturated carbocycles. The first kappa shape index (κ1) is 12.9. The molecule has 1 aliphatic rings. The highest BCUT2D eigenvalue weighted by Gasteiger charge is 2.24. The smallest absolute Gasteiger partial charge is 0.136 e. The summed E-state index contributed by atoms with van der Waals surface area (Å²) in [5.41, 5.74) is 7.50. The van der Waals surface area contributed by atoms with E-state index in [1.165, 1.54) is 0 Å². The summed E-state index contributed by atoms with van der Waals surface area (Å²) in [6.07, 6.45) is 3.38. The first-order chi connectivity index (χ1) is 8.74. The van der Waals surface area contributed by atoms with Crippen LogP contribution in [0.4, 0.5) is 0 Å². The van der Waals surface area contributed by atoms with Crippen LogP contribution in [0.2, 0.25) is 0 Å². The van der Waals surface area contributed by atoms with Gasteiger partial charge in [0, 0.05) is 6.04 Å². The number of hydrogen-bond donors (Lipinski definition) is 1. The zero-order valence-electron chi connectivity index (χ0n) is 10.6. The largest absolute Gasteiger partial charge is 0.495 e. The molecular formula is C14H18N2O2. The van der Waals surface area contributed by atoms with Crippen LogP contribution in [0.15, 0.2) is 18.2 Å². The fourth-order valence-corrected chi connectivity index (χ4v) is 2.28. The molecule has 4 nitrogen and oxygen atoms in total. The Bertz CT molecular complexity index is 454. The Kier molecular flexibility index (Phi) is 4.19. The molecule has 0 saturated heterocycles. The first-order valence-electron chi connectivity index (χ1n) is 6.19. The van der Waals surface area contributed by atoms with E-state index in [9.17, 15) is 0 Å². The van der Waals surface area contributed by atoms with Gasteiger partial charge < -0.3 is 15.2 Å². The van der Waals surface area contributed by atoms with E-state index >= 15 is 0 Å². The minimum atomic E-state index is 0.158. The zero-order chi connectivity index (χ0) is 13.0. The van der Waals surface area contributed by atoms with Gasteiger partial charge >= 0.3 is 0 Å². The maximum Gasteiger partial charge on any atom is 0.136 e. The molecule has 1 aromatic rings. The van der Waals surface area contributed by atoms with Gasteiger partial charge in [0.25, 0.3) is 0 Å². The molecule has 18 heavy (non-hydrogen) atoms. The van der Waals surface area contributed by atoms with Gasteiger partial charge in [-0.05, 0) is 37.0 Å². The molecule has 2 atom stereocenters. The van der Waals surface area contributed by atoms with Crippen LogP contribution in [0, 0.1) is 11.3 Å². The lowest BCUT2D eigenvalue weighted by atomic mass is 10.1. The average molecular weight is 246 g/mol. The molecule has 0 bridgehead atoms. The Hall–Kier alpha value is -1.57. The van der Waals surface area contributed by atoms with E-state index in [2.05, 4.69) is 6.07 Å². The second-order valence-electron chi connectivity index (χ2n) is 4.59. The van der Waals surface area contributed by atoms with Gasteiger partial charge in [-0.2, -0.15) is 5.26 Å². The van der Waals surface area contributed by atoms with Crippen molar-refractivity contribution in [3.05, 3.63) is 29.3 Å². The Morgan fingerprint density at radius 1 is 1.44 bits per heavy atom. The zero-order valence-corrected chi connectivity index (χ0v) is 10.6. The van der Waals surface area contributed by atoms with E-state index in [0.717, 1.165) is 24.8 Å². The number of hydrogen-bond acceptors (Lipinski definition) is 4. The summed E-state index contributed by atoms with van der Waals surface area (Å²) >= 11 is 0. The highest BCUT2D eigenvalue weighted by atomic mass is 16.5. The molecule has 2 N–H and O–H groups in total. The van der Waals surface area contributed by atoms with Gasteiger partial charge in [0.05, 0.1) is 25.4 Å². The van der Waals surface area contributed by atoms with Gasteiger partial charge in [0.1, 0.15) is 11.8 Å². The van der Waals surface area contributed by atoms with Crippen LogP contribution in [-0.2, 0) is 11.3 Å². The van der Waals surface area contributed by atoms with Crippen LogP contribution >= 0.6 is 0 Å². The minimum absolute atomic E-state index is 0.158. The van der Waals surface area contributed by atoms with Gasteiger partial charge in [0.15, 0.2) is 0 Å². The van der Waals surface area contributed by atoms with E-state index in [1.54, 1.807) is 13.2 Å². The molecule has 1 fully saturated rings. The Balaban J connectivity index is 1.99. The van der Waals surface area contributed by atoms with Crippen molar-refractivity contribution < 1.29 is 9.47 Å². The molecule has 1 aromatic carbocycles. The lowest BCUT2D eigenvalue weighted by molar-refractivity contribution is 0.0356. The van der Waals surface area contributed by atoms with Gasteiger partial charge in [-0.3, -0.25) is 0 Å². The molecule has 0 heterocycles.